The molecular formula is C7H8N2. The molecule has 46 valence electrons. The van der Waals surface area contributed by atoms with Gasteiger partial charge in [-0.05, 0) is 12.0 Å². The molecule has 2 aliphatic carbocycles. The number of hydrazine groups is 1. The van der Waals surface area contributed by atoms with Crippen molar-refractivity contribution in [1.29, 1.82) is 0 Å². The molecule has 9 heavy (non-hydrogen) atoms. The number of rotatable bonds is 0. The summed E-state index contributed by atoms with van der Waals surface area (Å²) in [6.07, 6.45) is 5.70. The summed E-state index contributed by atoms with van der Waals surface area (Å²) in [4.78, 5) is 0. The third-order valence-corrected chi connectivity index (χ3v) is 2.36. The molecule has 1 aliphatic heterocycles. The van der Waals surface area contributed by atoms with Crippen LogP contribution in [0, 0.1) is 5.92 Å². The van der Waals surface area contributed by atoms with E-state index in [4.69, 9.17) is 0 Å². The van der Waals surface area contributed by atoms with Crippen LogP contribution in [0.25, 0.3) is 0 Å². The van der Waals surface area contributed by atoms with Crippen molar-refractivity contribution in [3.05, 3.63) is 23.4 Å². The van der Waals surface area contributed by atoms with Gasteiger partial charge in [0, 0.05) is 12.1 Å². The third kappa shape index (κ3) is 0.368. The van der Waals surface area contributed by atoms with Crippen molar-refractivity contribution in [1.82, 2.24) is 10.9 Å². The van der Waals surface area contributed by atoms with E-state index in [1.807, 2.05) is 0 Å². The van der Waals surface area contributed by atoms with E-state index in [0.29, 0.717) is 6.04 Å². The molecule has 0 radical (unpaired) electrons. The molecule has 2 atom stereocenters. The summed E-state index contributed by atoms with van der Waals surface area (Å²) in [7, 11) is 0. The van der Waals surface area contributed by atoms with Crippen LogP contribution in [0.3, 0.4) is 0 Å². The summed E-state index contributed by atoms with van der Waals surface area (Å²) in [5.41, 5.74) is 9.32. The second-order valence-electron chi connectivity index (χ2n) is 2.94. The lowest BCUT2D eigenvalue weighted by Crippen LogP contribution is -2.32. The van der Waals surface area contributed by atoms with Crippen molar-refractivity contribution in [2.45, 2.75) is 12.5 Å². The van der Waals surface area contributed by atoms with Crippen LogP contribution in [0.15, 0.2) is 23.4 Å². The van der Waals surface area contributed by atoms with Gasteiger partial charge in [0.1, 0.15) is 0 Å². The molecular weight excluding hydrogens is 112 g/mol. The van der Waals surface area contributed by atoms with E-state index in [0.717, 1.165) is 5.92 Å². The molecule has 2 N–H and O–H groups in total. The summed E-state index contributed by atoms with van der Waals surface area (Å²) in [5, 5.41) is 0. The molecule has 1 saturated carbocycles. The van der Waals surface area contributed by atoms with Crippen molar-refractivity contribution in [3.63, 3.8) is 0 Å². The Morgan fingerprint density at radius 1 is 1.56 bits per heavy atom. The predicted molar refractivity (Wildman–Crippen MR) is 34.3 cm³/mol. The molecule has 3 aliphatic rings. The van der Waals surface area contributed by atoms with Gasteiger partial charge in [0.2, 0.25) is 0 Å². The van der Waals surface area contributed by atoms with Gasteiger partial charge in [-0.25, -0.2) is 5.43 Å². The number of nitrogens with one attached hydrogen (secondary N) is 2. The molecule has 3 rings (SSSR count). The molecule has 0 bridgehead atoms. The maximum Gasteiger partial charge on any atom is 0.0592 e. The molecule has 0 aromatic carbocycles. The molecule has 1 fully saturated rings. The van der Waals surface area contributed by atoms with Crippen LogP contribution in [-0.2, 0) is 0 Å². The average Bonchev–Trinajstić information content (AvgIpc) is 2.38. The normalized spacial score (nSPS) is 42.7. The van der Waals surface area contributed by atoms with Crippen molar-refractivity contribution >= 4 is 0 Å². The van der Waals surface area contributed by atoms with Gasteiger partial charge >= 0.3 is 0 Å². The first kappa shape index (κ1) is 4.12. The predicted octanol–water partition coefficient (Wildman–Crippen LogP) is 0.307. The second kappa shape index (κ2) is 1.07. The van der Waals surface area contributed by atoms with Gasteiger partial charge in [0.05, 0.1) is 6.04 Å². The second-order valence-corrected chi connectivity index (χ2v) is 2.94. The van der Waals surface area contributed by atoms with E-state index in [1.165, 1.54) is 12.0 Å². The van der Waals surface area contributed by atoms with Gasteiger partial charge in [-0.2, -0.15) is 0 Å². The van der Waals surface area contributed by atoms with Crippen molar-refractivity contribution in [3.8, 4) is 0 Å². The van der Waals surface area contributed by atoms with Crippen LogP contribution in [0.5, 0.6) is 0 Å². The smallest absolute Gasteiger partial charge is 0.0592 e. The third-order valence-electron chi connectivity index (χ3n) is 2.36. The molecule has 2 nitrogen and oxygen atoms in total. The van der Waals surface area contributed by atoms with E-state index in [1.54, 1.807) is 5.57 Å². The summed E-state index contributed by atoms with van der Waals surface area (Å²) < 4.78 is 0. The van der Waals surface area contributed by atoms with Crippen LogP contribution in [-0.4, -0.2) is 6.04 Å². The molecule has 2 unspecified atom stereocenters. The Hall–Kier alpha value is -0.760. The zero-order valence-corrected chi connectivity index (χ0v) is 5.02. The fraction of sp³-hybridized carbons (Fsp3) is 0.429. The minimum Gasteiger partial charge on any atom is -0.328 e. The van der Waals surface area contributed by atoms with Gasteiger partial charge in [0.25, 0.3) is 0 Å². The van der Waals surface area contributed by atoms with E-state index < -0.39 is 0 Å². The molecule has 0 aromatic heterocycles. The van der Waals surface area contributed by atoms with Crippen LogP contribution in [0.2, 0.25) is 0 Å². The highest BCUT2D eigenvalue weighted by Crippen LogP contribution is 2.49. The highest BCUT2D eigenvalue weighted by atomic mass is 15.4. The van der Waals surface area contributed by atoms with Crippen molar-refractivity contribution in [2.24, 2.45) is 5.92 Å². The SMILES string of the molecule is C1=C2CC2C2NNC=C12. The lowest BCUT2D eigenvalue weighted by molar-refractivity contribution is 0.544. The first-order valence-electron chi connectivity index (χ1n) is 3.37. The van der Waals surface area contributed by atoms with Gasteiger partial charge in [0.15, 0.2) is 0 Å². The van der Waals surface area contributed by atoms with Gasteiger partial charge in [-0.3, -0.25) is 0 Å². The monoisotopic (exact) mass is 120 g/mol. The van der Waals surface area contributed by atoms with Crippen LogP contribution >= 0.6 is 0 Å². The van der Waals surface area contributed by atoms with Crippen LogP contribution < -0.4 is 10.9 Å². The van der Waals surface area contributed by atoms with Gasteiger partial charge in [-0.1, -0.05) is 11.6 Å². The highest BCUT2D eigenvalue weighted by molar-refractivity contribution is 5.49. The Labute approximate surface area is 53.6 Å². The first-order chi connectivity index (χ1) is 4.45. The Bertz CT molecular complexity index is 227. The average molecular weight is 120 g/mol. The Kier molecular flexibility index (Phi) is 0.489. The van der Waals surface area contributed by atoms with E-state index >= 15 is 0 Å². The zero-order chi connectivity index (χ0) is 5.84. The quantitative estimate of drug-likeness (QED) is 0.480. The van der Waals surface area contributed by atoms with E-state index in [2.05, 4.69) is 23.1 Å². The Balaban J connectivity index is 2.12. The summed E-state index contributed by atoms with van der Waals surface area (Å²) in [5.74, 6) is 0.853. The zero-order valence-electron chi connectivity index (χ0n) is 5.02. The topological polar surface area (TPSA) is 24.1 Å². The molecule has 0 aromatic rings. The maximum atomic E-state index is 3.22. The molecule has 2 heteroatoms. The number of hydrogen-bond donors (Lipinski definition) is 2. The first-order valence-corrected chi connectivity index (χ1v) is 3.37. The summed E-state index contributed by atoms with van der Waals surface area (Å²) >= 11 is 0. The highest BCUT2D eigenvalue weighted by Gasteiger charge is 2.45. The molecule has 1 heterocycles. The fourth-order valence-corrected chi connectivity index (χ4v) is 1.76. The number of fused-ring (bicyclic) bond motifs is 3. The fourth-order valence-electron chi connectivity index (χ4n) is 1.76. The summed E-state index contributed by atoms with van der Waals surface area (Å²) in [6, 6.07) is 0.625. The van der Waals surface area contributed by atoms with E-state index in [-0.39, 0.29) is 0 Å². The molecule has 0 saturated heterocycles. The van der Waals surface area contributed by atoms with Crippen molar-refractivity contribution in [2.75, 3.05) is 0 Å². The number of hydrogen-bond acceptors (Lipinski definition) is 2. The standard InChI is InChI=1S/C7H8N2/c1-4-2-6(4)7-5(1)3-8-9-7/h1,3,6-9H,2H2. The molecule has 0 spiro atoms. The lowest BCUT2D eigenvalue weighted by atomic mass is 10.1. The molecule has 0 amide bonds. The minimum atomic E-state index is 0.625. The van der Waals surface area contributed by atoms with E-state index in [9.17, 15) is 0 Å². The largest absolute Gasteiger partial charge is 0.328 e. The Morgan fingerprint density at radius 2 is 2.56 bits per heavy atom. The van der Waals surface area contributed by atoms with Gasteiger partial charge in [-0.15, -0.1) is 0 Å². The van der Waals surface area contributed by atoms with Crippen molar-refractivity contribution < 1.29 is 0 Å². The maximum absolute atomic E-state index is 3.22. The van der Waals surface area contributed by atoms with Crippen LogP contribution in [0.1, 0.15) is 6.42 Å². The minimum absolute atomic E-state index is 0.625. The summed E-state index contributed by atoms with van der Waals surface area (Å²) in [6.45, 7) is 0. The Morgan fingerprint density at radius 3 is 3.44 bits per heavy atom. The van der Waals surface area contributed by atoms with Crippen LogP contribution in [0.4, 0.5) is 0 Å². The van der Waals surface area contributed by atoms with Gasteiger partial charge < -0.3 is 5.43 Å². The lowest BCUT2D eigenvalue weighted by Gasteiger charge is -2.05.